The zero-order valence-corrected chi connectivity index (χ0v) is 12.4. The Kier molecular flexibility index (Phi) is 5.78. The first-order valence-electron chi connectivity index (χ1n) is 6.84. The SMILES string of the molecule is CC(C)CN(CC(=O)O)C(=O)C1CC(=O)N(CC(F)(F)F)C1. The van der Waals surface area contributed by atoms with Gasteiger partial charge in [0, 0.05) is 19.5 Å². The number of rotatable bonds is 6. The van der Waals surface area contributed by atoms with Crippen molar-refractivity contribution >= 4 is 17.8 Å². The molecule has 22 heavy (non-hydrogen) atoms. The van der Waals surface area contributed by atoms with E-state index in [1.165, 1.54) is 0 Å². The predicted molar refractivity (Wildman–Crippen MR) is 69.8 cm³/mol. The minimum atomic E-state index is -4.52. The van der Waals surface area contributed by atoms with Crippen LogP contribution in [0.25, 0.3) is 0 Å². The van der Waals surface area contributed by atoms with Gasteiger partial charge in [-0.15, -0.1) is 0 Å². The molecule has 0 spiro atoms. The Labute approximate surface area is 125 Å². The van der Waals surface area contributed by atoms with E-state index in [9.17, 15) is 27.6 Å². The van der Waals surface area contributed by atoms with E-state index in [1.54, 1.807) is 13.8 Å². The number of alkyl halides is 3. The van der Waals surface area contributed by atoms with E-state index in [0.717, 1.165) is 4.90 Å². The maximum absolute atomic E-state index is 12.3. The number of carbonyl (C=O) groups excluding carboxylic acids is 2. The van der Waals surface area contributed by atoms with Crippen LogP contribution >= 0.6 is 0 Å². The van der Waals surface area contributed by atoms with Crippen molar-refractivity contribution in [2.75, 3.05) is 26.2 Å². The average Bonchev–Trinajstić information content (AvgIpc) is 2.65. The number of carboxylic acids is 1. The van der Waals surface area contributed by atoms with Crippen LogP contribution in [0.4, 0.5) is 13.2 Å². The van der Waals surface area contributed by atoms with E-state index in [-0.39, 0.29) is 25.4 Å². The molecule has 2 amide bonds. The molecule has 1 saturated heterocycles. The molecule has 1 fully saturated rings. The molecule has 0 aliphatic carbocycles. The highest BCUT2D eigenvalue weighted by atomic mass is 19.4. The first-order chi connectivity index (χ1) is 9.99. The fourth-order valence-corrected chi connectivity index (χ4v) is 2.40. The molecule has 0 aromatic rings. The molecule has 1 heterocycles. The molecule has 9 heteroatoms. The quantitative estimate of drug-likeness (QED) is 0.790. The topological polar surface area (TPSA) is 77.9 Å². The maximum Gasteiger partial charge on any atom is 0.406 e. The number of hydrogen-bond donors (Lipinski definition) is 1. The van der Waals surface area contributed by atoms with Gasteiger partial charge in [-0.05, 0) is 5.92 Å². The summed E-state index contributed by atoms with van der Waals surface area (Å²) in [6.07, 6.45) is -4.84. The first-order valence-corrected chi connectivity index (χ1v) is 6.84. The third-order valence-corrected chi connectivity index (χ3v) is 3.16. The second kappa shape index (κ2) is 6.97. The molecule has 1 atom stereocenters. The number of likely N-dealkylation sites (tertiary alicyclic amines) is 1. The molecule has 1 N–H and O–H groups in total. The van der Waals surface area contributed by atoms with Crippen LogP contribution in [0.2, 0.25) is 0 Å². The monoisotopic (exact) mass is 324 g/mol. The number of amides is 2. The van der Waals surface area contributed by atoms with Gasteiger partial charge in [-0.3, -0.25) is 14.4 Å². The Bertz CT molecular complexity index is 451. The van der Waals surface area contributed by atoms with E-state index in [1.807, 2.05) is 0 Å². The maximum atomic E-state index is 12.3. The van der Waals surface area contributed by atoms with Crippen LogP contribution in [0.3, 0.4) is 0 Å². The van der Waals surface area contributed by atoms with Crippen LogP contribution in [-0.2, 0) is 14.4 Å². The lowest BCUT2D eigenvalue weighted by atomic mass is 10.1. The molecule has 0 radical (unpaired) electrons. The highest BCUT2D eigenvalue weighted by molar-refractivity contribution is 5.90. The zero-order chi connectivity index (χ0) is 17.1. The van der Waals surface area contributed by atoms with E-state index in [0.29, 0.717) is 4.90 Å². The lowest BCUT2D eigenvalue weighted by molar-refractivity contribution is -0.157. The van der Waals surface area contributed by atoms with Crippen LogP contribution in [-0.4, -0.2) is 65.0 Å². The van der Waals surface area contributed by atoms with Crippen molar-refractivity contribution in [3.05, 3.63) is 0 Å². The van der Waals surface area contributed by atoms with Gasteiger partial charge in [-0.2, -0.15) is 13.2 Å². The molecule has 1 aliphatic heterocycles. The van der Waals surface area contributed by atoms with Gasteiger partial charge in [0.25, 0.3) is 0 Å². The molecule has 0 aromatic heterocycles. The van der Waals surface area contributed by atoms with Crippen LogP contribution in [0, 0.1) is 11.8 Å². The number of carboxylic acid groups (broad SMARTS) is 1. The average molecular weight is 324 g/mol. The zero-order valence-electron chi connectivity index (χ0n) is 12.4. The summed E-state index contributed by atoms with van der Waals surface area (Å²) in [5.74, 6) is -3.45. The molecule has 1 unspecified atom stereocenters. The fraction of sp³-hybridized carbons (Fsp3) is 0.769. The second-order valence-corrected chi connectivity index (χ2v) is 5.80. The van der Waals surface area contributed by atoms with Crippen molar-refractivity contribution < 1.29 is 32.7 Å². The minimum absolute atomic E-state index is 0.00619. The summed E-state index contributed by atoms with van der Waals surface area (Å²) in [6.45, 7) is 1.51. The van der Waals surface area contributed by atoms with Gasteiger partial charge < -0.3 is 14.9 Å². The van der Waals surface area contributed by atoms with Crippen molar-refractivity contribution in [2.45, 2.75) is 26.4 Å². The van der Waals surface area contributed by atoms with Gasteiger partial charge in [0.05, 0.1) is 5.92 Å². The van der Waals surface area contributed by atoms with Crippen LogP contribution in [0.15, 0.2) is 0 Å². The Balaban J connectivity index is 2.75. The Hall–Kier alpha value is -1.80. The second-order valence-electron chi connectivity index (χ2n) is 5.80. The van der Waals surface area contributed by atoms with Gasteiger partial charge in [0.1, 0.15) is 13.1 Å². The molecule has 0 aromatic carbocycles. The van der Waals surface area contributed by atoms with Crippen LogP contribution in [0.1, 0.15) is 20.3 Å². The molecule has 0 bridgehead atoms. The summed E-state index contributed by atoms with van der Waals surface area (Å²) in [5, 5.41) is 8.83. The minimum Gasteiger partial charge on any atom is -0.480 e. The molecule has 1 aliphatic rings. The van der Waals surface area contributed by atoms with Gasteiger partial charge >= 0.3 is 12.1 Å². The summed E-state index contributed by atoms with van der Waals surface area (Å²) >= 11 is 0. The van der Waals surface area contributed by atoms with E-state index in [2.05, 4.69) is 0 Å². The summed E-state index contributed by atoms with van der Waals surface area (Å²) in [5.41, 5.74) is 0. The summed E-state index contributed by atoms with van der Waals surface area (Å²) in [6, 6.07) is 0. The van der Waals surface area contributed by atoms with Crippen molar-refractivity contribution in [2.24, 2.45) is 11.8 Å². The first kappa shape index (κ1) is 18.2. The van der Waals surface area contributed by atoms with Gasteiger partial charge in [0.2, 0.25) is 11.8 Å². The van der Waals surface area contributed by atoms with E-state index < -0.39 is 43.0 Å². The Morgan fingerprint density at radius 3 is 2.45 bits per heavy atom. The fourth-order valence-electron chi connectivity index (χ4n) is 2.40. The third kappa shape index (κ3) is 5.53. The molecule has 126 valence electrons. The number of nitrogens with zero attached hydrogens (tertiary/aromatic N) is 2. The largest absolute Gasteiger partial charge is 0.480 e. The Morgan fingerprint density at radius 1 is 1.41 bits per heavy atom. The lowest BCUT2D eigenvalue weighted by Crippen LogP contribution is -2.43. The van der Waals surface area contributed by atoms with Gasteiger partial charge in [0.15, 0.2) is 0 Å². The third-order valence-electron chi connectivity index (χ3n) is 3.16. The van der Waals surface area contributed by atoms with Crippen molar-refractivity contribution in [3.8, 4) is 0 Å². The standard InChI is InChI=1S/C13H19F3N2O4/c1-8(2)4-17(6-11(20)21)12(22)9-3-10(19)18(5-9)7-13(14,15)16/h8-9H,3-7H2,1-2H3,(H,20,21). The molecular weight excluding hydrogens is 305 g/mol. The van der Waals surface area contributed by atoms with Gasteiger partial charge in [-0.1, -0.05) is 13.8 Å². The Morgan fingerprint density at radius 2 is 2.00 bits per heavy atom. The smallest absolute Gasteiger partial charge is 0.406 e. The molecular formula is C13H19F3N2O4. The van der Waals surface area contributed by atoms with Crippen molar-refractivity contribution in [1.82, 2.24) is 9.80 Å². The highest BCUT2D eigenvalue weighted by Crippen LogP contribution is 2.25. The molecule has 1 rings (SSSR count). The number of hydrogen-bond acceptors (Lipinski definition) is 3. The van der Waals surface area contributed by atoms with E-state index >= 15 is 0 Å². The molecule has 6 nitrogen and oxygen atoms in total. The normalized spacial score (nSPS) is 18.9. The lowest BCUT2D eigenvalue weighted by Gasteiger charge is -2.25. The van der Waals surface area contributed by atoms with Crippen LogP contribution in [0.5, 0.6) is 0 Å². The summed E-state index contributed by atoms with van der Waals surface area (Å²) in [7, 11) is 0. The predicted octanol–water partition coefficient (Wildman–Crippen LogP) is 0.966. The van der Waals surface area contributed by atoms with Crippen molar-refractivity contribution in [1.29, 1.82) is 0 Å². The van der Waals surface area contributed by atoms with Gasteiger partial charge in [-0.25, -0.2) is 0 Å². The van der Waals surface area contributed by atoms with Crippen LogP contribution < -0.4 is 0 Å². The number of aliphatic carboxylic acids is 1. The molecule has 0 saturated carbocycles. The summed E-state index contributed by atoms with van der Waals surface area (Å²) < 4.78 is 37.0. The van der Waals surface area contributed by atoms with E-state index in [4.69, 9.17) is 5.11 Å². The number of carbonyl (C=O) groups is 3. The summed E-state index contributed by atoms with van der Waals surface area (Å²) in [4.78, 5) is 36.3. The highest BCUT2D eigenvalue weighted by Gasteiger charge is 2.41. The van der Waals surface area contributed by atoms with Crippen molar-refractivity contribution in [3.63, 3.8) is 0 Å². The number of halogens is 3.